The highest BCUT2D eigenvalue weighted by Gasteiger charge is 2.06. The lowest BCUT2D eigenvalue weighted by atomic mass is 10.2. The van der Waals surface area contributed by atoms with Crippen LogP contribution < -0.4 is 5.32 Å². The predicted molar refractivity (Wildman–Crippen MR) is 57.0 cm³/mol. The standard InChI is InChI=1S/C9H7ClN2OS/c1-12-9(13)6(5-11)4-7-2-3-8(10)14-7/h2-4H,1H3,(H,12,13). The van der Waals surface area contributed by atoms with Crippen molar-refractivity contribution < 1.29 is 4.79 Å². The van der Waals surface area contributed by atoms with Gasteiger partial charge in [-0.2, -0.15) is 5.26 Å². The summed E-state index contributed by atoms with van der Waals surface area (Å²) < 4.78 is 0.630. The Morgan fingerprint density at radius 2 is 2.43 bits per heavy atom. The number of amides is 1. The molecule has 0 aliphatic rings. The third-order valence-electron chi connectivity index (χ3n) is 1.47. The van der Waals surface area contributed by atoms with Gasteiger partial charge in [0.05, 0.1) is 4.34 Å². The van der Waals surface area contributed by atoms with Gasteiger partial charge in [-0.25, -0.2) is 0 Å². The summed E-state index contributed by atoms with van der Waals surface area (Å²) in [4.78, 5) is 11.9. The smallest absolute Gasteiger partial charge is 0.261 e. The minimum atomic E-state index is -0.392. The molecule has 1 aromatic heterocycles. The number of carbonyl (C=O) groups is 1. The van der Waals surface area contributed by atoms with E-state index in [0.29, 0.717) is 4.34 Å². The number of hydrogen-bond acceptors (Lipinski definition) is 3. The highest BCUT2D eigenvalue weighted by atomic mass is 35.5. The monoisotopic (exact) mass is 226 g/mol. The fraction of sp³-hybridized carbons (Fsp3) is 0.111. The number of likely N-dealkylation sites (N-methyl/N-ethyl adjacent to an activating group) is 1. The normalized spacial score (nSPS) is 10.8. The van der Waals surface area contributed by atoms with Gasteiger partial charge in [0.15, 0.2) is 0 Å². The molecule has 1 heterocycles. The van der Waals surface area contributed by atoms with Crippen LogP contribution >= 0.6 is 22.9 Å². The maximum atomic E-state index is 11.1. The molecule has 0 fully saturated rings. The summed E-state index contributed by atoms with van der Waals surface area (Å²) in [6.45, 7) is 0. The first-order valence-corrected chi connectivity index (χ1v) is 4.96. The molecule has 0 spiro atoms. The number of nitrogens with zero attached hydrogens (tertiary/aromatic N) is 1. The first-order chi connectivity index (χ1) is 6.67. The van der Waals surface area contributed by atoms with E-state index in [-0.39, 0.29) is 5.57 Å². The van der Waals surface area contributed by atoms with Crippen LogP contribution in [0.3, 0.4) is 0 Å². The number of thiophene rings is 1. The Balaban J connectivity index is 2.96. The summed E-state index contributed by atoms with van der Waals surface area (Å²) in [6, 6.07) is 5.30. The zero-order chi connectivity index (χ0) is 10.6. The van der Waals surface area contributed by atoms with Crippen molar-refractivity contribution in [3.05, 3.63) is 26.9 Å². The second-order valence-electron chi connectivity index (χ2n) is 2.39. The van der Waals surface area contributed by atoms with E-state index in [2.05, 4.69) is 5.32 Å². The van der Waals surface area contributed by atoms with Crippen molar-refractivity contribution in [3.8, 4) is 6.07 Å². The van der Waals surface area contributed by atoms with Crippen LogP contribution in [0.1, 0.15) is 4.88 Å². The van der Waals surface area contributed by atoms with Crippen LogP contribution in [0.2, 0.25) is 4.34 Å². The molecule has 0 unspecified atom stereocenters. The zero-order valence-electron chi connectivity index (χ0n) is 7.37. The number of carbonyl (C=O) groups excluding carboxylic acids is 1. The molecule has 0 bridgehead atoms. The van der Waals surface area contributed by atoms with Gasteiger partial charge >= 0.3 is 0 Å². The average molecular weight is 227 g/mol. The van der Waals surface area contributed by atoms with Gasteiger partial charge in [-0.1, -0.05) is 11.6 Å². The molecule has 3 nitrogen and oxygen atoms in total. The fourth-order valence-electron chi connectivity index (χ4n) is 0.831. The molecule has 1 rings (SSSR count). The van der Waals surface area contributed by atoms with Crippen LogP contribution in [0.15, 0.2) is 17.7 Å². The number of rotatable bonds is 2. The van der Waals surface area contributed by atoms with Crippen molar-refractivity contribution in [2.24, 2.45) is 0 Å². The fourth-order valence-corrected chi connectivity index (χ4v) is 1.84. The molecule has 1 amide bonds. The van der Waals surface area contributed by atoms with Crippen LogP contribution in [0.25, 0.3) is 6.08 Å². The van der Waals surface area contributed by atoms with Gasteiger partial charge in [0, 0.05) is 11.9 Å². The van der Waals surface area contributed by atoms with E-state index in [1.165, 1.54) is 24.5 Å². The number of hydrogen-bond donors (Lipinski definition) is 1. The molecule has 72 valence electrons. The largest absolute Gasteiger partial charge is 0.354 e. The molecule has 14 heavy (non-hydrogen) atoms. The van der Waals surface area contributed by atoms with Crippen molar-refractivity contribution in [3.63, 3.8) is 0 Å². The topological polar surface area (TPSA) is 52.9 Å². The van der Waals surface area contributed by atoms with Crippen molar-refractivity contribution in [2.75, 3.05) is 7.05 Å². The second-order valence-corrected chi connectivity index (χ2v) is 4.14. The maximum Gasteiger partial charge on any atom is 0.261 e. The van der Waals surface area contributed by atoms with E-state index in [9.17, 15) is 4.79 Å². The van der Waals surface area contributed by atoms with Crippen LogP contribution in [-0.4, -0.2) is 13.0 Å². The molecule has 0 aromatic carbocycles. The van der Waals surface area contributed by atoms with Crippen molar-refractivity contribution in [1.82, 2.24) is 5.32 Å². The van der Waals surface area contributed by atoms with E-state index in [1.807, 2.05) is 6.07 Å². The van der Waals surface area contributed by atoms with Gasteiger partial charge in [0.2, 0.25) is 0 Å². The molecule has 1 aromatic rings. The number of halogens is 1. The molecule has 1 N–H and O–H groups in total. The zero-order valence-corrected chi connectivity index (χ0v) is 8.95. The van der Waals surface area contributed by atoms with Gasteiger partial charge in [-0.05, 0) is 18.2 Å². The Bertz CT molecular complexity index is 417. The average Bonchev–Trinajstić information content (AvgIpc) is 2.59. The highest BCUT2D eigenvalue weighted by molar-refractivity contribution is 7.17. The molecule has 0 radical (unpaired) electrons. The van der Waals surface area contributed by atoms with Crippen LogP contribution in [0.5, 0.6) is 0 Å². The van der Waals surface area contributed by atoms with Gasteiger partial charge in [0.25, 0.3) is 5.91 Å². The Morgan fingerprint density at radius 1 is 1.71 bits per heavy atom. The lowest BCUT2D eigenvalue weighted by Crippen LogP contribution is -2.18. The number of nitriles is 1. The Morgan fingerprint density at radius 3 is 2.86 bits per heavy atom. The summed E-state index contributed by atoms with van der Waals surface area (Å²) in [5, 5.41) is 11.1. The minimum absolute atomic E-state index is 0.0750. The third-order valence-corrected chi connectivity index (χ3v) is 2.65. The Kier molecular flexibility index (Phi) is 3.69. The van der Waals surface area contributed by atoms with E-state index in [1.54, 1.807) is 12.1 Å². The SMILES string of the molecule is CNC(=O)C(C#N)=Cc1ccc(Cl)s1. The molecular weight excluding hydrogens is 220 g/mol. The van der Waals surface area contributed by atoms with E-state index in [4.69, 9.17) is 16.9 Å². The van der Waals surface area contributed by atoms with Crippen LogP contribution in [0.4, 0.5) is 0 Å². The van der Waals surface area contributed by atoms with Crippen LogP contribution in [0, 0.1) is 11.3 Å². The van der Waals surface area contributed by atoms with Gasteiger partial charge in [0.1, 0.15) is 11.6 Å². The number of nitrogens with one attached hydrogen (secondary N) is 1. The molecule has 0 atom stereocenters. The molecular formula is C9H7ClN2OS. The van der Waals surface area contributed by atoms with Crippen molar-refractivity contribution in [2.45, 2.75) is 0 Å². The highest BCUT2D eigenvalue weighted by Crippen LogP contribution is 2.23. The maximum absolute atomic E-state index is 11.1. The minimum Gasteiger partial charge on any atom is -0.354 e. The Labute approximate surface area is 90.6 Å². The van der Waals surface area contributed by atoms with Gasteiger partial charge in [-0.3, -0.25) is 4.79 Å². The lowest BCUT2D eigenvalue weighted by Gasteiger charge is -1.94. The summed E-state index contributed by atoms with van der Waals surface area (Å²) >= 11 is 7.02. The van der Waals surface area contributed by atoms with E-state index >= 15 is 0 Å². The first-order valence-electron chi connectivity index (χ1n) is 3.76. The lowest BCUT2D eigenvalue weighted by molar-refractivity contribution is -0.116. The molecule has 0 aliphatic carbocycles. The quantitative estimate of drug-likeness (QED) is 0.620. The van der Waals surface area contributed by atoms with Gasteiger partial charge < -0.3 is 5.32 Å². The Hall–Kier alpha value is -1.31. The van der Waals surface area contributed by atoms with Crippen molar-refractivity contribution in [1.29, 1.82) is 5.26 Å². The van der Waals surface area contributed by atoms with Crippen molar-refractivity contribution >= 4 is 34.9 Å². The molecule has 5 heteroatoms. The summed E-state index contributed by atoms with van der Waals surface area (Å²) in [6.07, 6.45) is 1.51. The summed E-state index contributed by atoms with van der Waals surface area (Å²) in [5.41, 5.74) is 0.0750. The third kappa shape index (κ3) is 2.59. The summed E-state index contributed by atoms with van der Waals surface area (Å²) in [7, 11) is 1.48. The predicted octanol–water partition coefficient (Wildman–Crippen LogP) is 2.05. The van der Waals surface area contributed by atoms with E-state index < -0.39 is 5.91 Å². The van der Waals surface area contributed by atoms with Crippen LogP contribution in [-0.2, 0) is 4.79 Å². The van der Waals surface area contributed by atoms with Gasteiger partial charge in [-0.15, -0.1) is 11.3 Å². The second kappa shape index (κ2) is 4.80. The molecule has 0 saturated carbocycles. The molecule has 0 aliphatic heterocycles. The summed E-state index contributed by atoms with van der Waals surface area (Å²) in [5.74, 6) is -0.392. The molecule has 0 saturated heterocycles. The first kappa shape index (κ1) is 10.8. The van der Waals surface area contributed by atoms with E-state index in [0.717, 1.165) is 4.88 Å².